The lowest BCUT2D eigenvalue weighted by atomic mass is 10.0. The van der Waals surface area contributed by atoms with Crippen molar-refractivity contribution in [2.24, 2.45) is 0 Å². The second-order valence-electron chi connectivity index (χ2n) is 11.0. The molecule has 0 spiro atoms. The topological polar surface area (TPSA) is 105 Å². The number of aryl methyl sites for hydroxylation is 2. The average Bonchev–Trinajstić information content (AvgIpc) is 3.06. The van der Waals surface area contributed by atoms with Crippen molar-refractivity contribution in [3.63, 3.8) is 0 Å². The van der Waals surface area contributed by atoms with Gasteiger partial charge in [0.25, 0.3) is 10.0 Å². The van der Waals surface area contributed by atoms with Crippen molar-refractivity contribution in [1.29, 1.82) is 0 Å². The number of carbonyl (C=O) groups is 2. The summed E-state index contributed by atoms with van der Waals surface area (Å²) in [6.45, 7) is 5.55. The Hall–Kier alpha value is -4.83. The predicted octanol–water partition coefficient (Wildman–Crippen LogP) is 5.29. The SMILES string of the molecule is CCNC(=O)[C@H](Cc1ccccc1)N(Cc1ccc(C)cc1)C(=O)CN(c1ccc(OC)c(OC)c1)S(=O)(=O)c1ccc(C)cc1. The van der Waals surface area contributed by atoms with Crippen LogP contribution in [0.4, 0.5) is 5.69 Å². The summed E-state index contributed by atoms with van der Waals surface area (Å²) in [4.78, 5) is 29.7. The third-order valence-electron chi connectivity index (χ3n) is 7.64. The zero-order chi connectivity index (χ0) is 33.3. The second kappa shape index (κ2) is 15.4. The van der Waals surface area contributed by atoms with E-state index in [1.807, 2.05) is 75.4 Å². The van der Waals surface area contributed by atoms with Gasteiger partial charge in [-0.25, -0.2) is 8.42 Å². The predicted molar refractivity (Wildman–Crippen MR) is 180 cm³/mol. The summed E-state index contributed by atoms with van der Waals surface area (Å²) in [6, 6.07) is 27.3. The molecule has 9 nitrogen and oxygen atoms in total. The maximum absolute atomic E-state index is 14.5. The lowest BCUT2D eigenvalue weighted by Crippen LogP contribution is -2.53. The molecule has 1 atom stereocenters. The monoisotopic (exact) mass is 643 g/mol. The molecule has 10 heteroatoms. The fraction of sp³-hybridized carbons (Fsp3) is 0.278. The molecule has 0 unspecified atom stereocenters. The molecule has 0 aliphatic carbocycles. The van der Waals surface area contributed by atoms with Crippen molar-refractivity contribution in [3.8, 4) is 11.5 Å². The van der Waals surface area contributed by atoms with E-state index >= 15 is 0 Å². The molecular formula is C36H41N3O6S. The molecule has 0 heterocycles. The normalized spacial score (nSPS) is 11.8. The highest BCUT2D eigenvalue weighted by molar-refractivity contribution is 7.92. The number of benzene rings is 4. The molecule has 2 amide bonds. The van der Waals surface area contributed by atoms with Crippen LogP contribution in [-0.4, -0.2) is 58.5 Å². The minimum Gasteiger partial charge on any atom is -0.493 e. The van der Waals surface area contributed by atoms with E-state index in [0.717, 1.165) is 26.6 Å². The first-order valence-corrected chi connectivity index (χ1v) is 16.5. The number of nitrogens with one attached hydrogen (secondary N) is 1. The lowest BCUT2D eigenvalue weighted by Gasteiger charge is -2.34. The molecule has 4 aromatic rings. The van der Waals surface area contributed by atoms with E-state index in [1.54, 1.807) is 24.3 Å². The summed E-state index contributed by atoms with van der Waals surface area (Å²) >= 11 is 0. The first-order chi connectivity index (χ1) is 22.1. The molecule has 242 valence electrons. The summed E-state index contributed by atoms with van der Waals surface area (Å²) in [5, 5.41) is 2.88. The Morgan fingerprint density at radius 2 is 1.39 bits per heavy atom. The highest BCUT2D eigenvalue weighted by Crippen LogP contribution is 2.34. The highest BCUT2D eigenvalue weighted by atomic mass is 32.2. The highest BCUT2D eigenvalue weighted by Gasteiger charge is 2.34. The van der Waals surface area contributed by atoms with E-state index in [9.17, 15) is 18.0 Å². The average molecular weight is 644 g/mol. The van der Waals surface area contributed by atoms with Crippen molar-refractivity contribution in [1.82, 2.24) is 10.2 Å². The third-order valence-corrected chi connectivity index (χ3v) is 9.43. The van der Waals surface area contributed by atoms with Gasteiger partial charge in [0.2, 0.25) is 11.8 Å². The van der Waals surface area contributed by atoms with Crippen LogP contribution < -0.4 is 19.1 Å². The van der Waals surface area contributed by atoms with Gasteiger partial charge in [0.05, 0.1) is 24.8 Å². The maximum atomic E-state index is 14.5. The Morgan fingerprint density at radius 1 is 0.783 bits per heavy atom. The second-order valence-corrected chi connectivity index (χ2v) is 12.8. The van der Waals surface area contributed by atoms with Crippen molar-refractivity contribution in [3.05, 3.63) is 119 Å². The summed E-state index contributed by atoms with van der Waals surface area (Å²) in [5.41, 5.74) is 3.82. The maximum Gasteiger partial charge on any atom is 0.264 e. The Balaban J connectivity index is 1.83. The van der Waals surface area contributed by atoms with E-state index in [-0.39, 0.29) is 29.5 Å². The molecule has 0 fully saturated rings. The Bertz CT molecular complexity index is 1730. The van der Waals surface area contributed by atoms with E-state index in [0.29, 0.717) is 18.0 Å². The first kappa shape index (κ1) is 34.1. The van der Waals surface area contributed by atoms with Crippen LogP contribution >= 0.6 is 0 Å². The van der Waals surface area contributed by atoms with Crippen LogP contribution in [0.15, 0.2) is 102 Å². The van der Waals surface area contributed by atoms with Gasteiger partial charge in [0.1, 0.15) is 12.6 Å². The molecule has 0 saturated carbocycles. The summed E-state index contributed by atoms with van der Waals surface area (Å²) in [6.07, 6.45) is 0.241. The fourth-order valence-electron chi connectivity index (χ4n) is 5.08. The van der Waals surface area contributed by atoms with Gasteiger partial charge >= 0.3 is 0 Å². The number of ether oxygens (including phenoxy) is 2. The number of carbonyl (C=O) groups excluding carboxylic acids is 2. The molecule has 1 N–H and O–H groups in total. The molecule has 0 saturated heterocycles. The van der Waals surface area contributed by atoms with Crippen molar-refractivity contribution >= 4 is 27.5 Å². The molecule has 0 aromatic heterocycles. The van der Waals surface area contributed by atoms with Gasteiger partial charge < -0.3 is 19.7 Å². The Morgan fingerprint density at radius 3 is 1.98 bits per heavy atom. The van der Waals surface area contributed by atoms with Crippen LogP contribution in [0.3, 0.4) is 0 Å². The van der Waals surface area contributed by atoms with Crippen molar-refractivity contribution < 1.29 is 27.5 Å². The molecule has 46 heavy (non-hydrogen) atoms. The summed E-state index contributed by atoms with van der Waals surface area (Å²) in [7, 11) is -1.31. The zero-order valence-corrected chi connectivity index (χ0v) is 27.7. The third kappa shape index (κ3) is 8.25. The standard InChI is InChI=1S/C36H41N3O6S/c1-6-37-36(41)32(22-28-10-8-7-9-11-28)38(24-29-16-12-26(2)13-17-29)35(40)25-39(30-18-21-33(44-4)34(23-30)45-5)46(42,43)31-19-14-27(3)15-20-31/h7-21,23,32H,6,22,24-25H2,1-5H3,(H,37,41)/t32-/m0/s1. The first-order valence-electron chi connectivity index (χ1n) is 15.1. The smallest absolute Gasteiger partial charge is 0.264 e. The molecule has 0 aliphatic rings. The van der Waals surface area contributed by atoms with Crippen LogP contribution in [0.1, 0.15) is 29.2 Å². The fourth-order valence-corrected chi connectivity index (χ4v) is 6.49. The molecular weight excluding hydrogens is 602 g/mol. The molecule has 0 radical (unpaired) electrons. The Kier molecular flexibility index (Phi) is 11.4. The van der Waals surface area contributed by atoms with E-state index < -0.39 is 28.5 Å². The van der Waals surface area contributed by atoms with Crippen LogP contribution in [0.5, 0.6) is 11.5 Å². The molecule has 4 rings (SSSR count). The number of nitrogens with zero attached hydrogens (tertiary/aromatic N) is 2. The minimum absolute atomic E-state index is 0.0235. The molecule has 0 bridgehead atoms. The largest absolute Gasteiger partial charge is 0.493 e. The van der Waals surface area contributed by atoms with Gasteiger partial charge in [-0.2, -0.15) is 0 Å². The number of likely N-dealkylation sites (N-methyl/N-ethyl adjacent to an activating group) is 1. The van der Waals surface area contributed by atoms with Gasteiger partial charge in [-0.15, -0.1) is 0 Å². The van der Waals surface area contributed by atoms with Gasteiger partial charge in [0, 0.05) is 25.6 Å². The Labute approximate surface area is 271 Å². The number of anilines is 1. The number of methoxy groups -OCH3 is 2. The summed E-state index contributed by atoms with van der Waals surface area (Å²) < 4.78 is 40.4. The lowest BCUT2D eigenvalue weighted by molar-refractivity contribution is -0.140. The van der Waals surface area contributed by atoms with Gasteiger partial charge in [0.15, 0.2) is 11.5 Å². The summed E-state index contributed by atoms with van der Waals surface area (Å²) in [5.74, 6) is -0.160. The van der Waals surface area contributed by atoms with Crippen LogP contribution in [0.25, 0.3) is 0 Å². The quantitative estimate of drug-likeness (QED) is 0.200. The van der Waals surface area contributed by atoms with Crippen molar-refractivity contribution in [2.75, 3.05) is 31.6 Å². The van der Waals surface area contributed by atoms with Gasteiger partial charge in [-0.3, -0.25) is 13.9 Å². The zero-order valence-electron chi connectivity index (χ0n) is 26.9. The van der Waals surface area contributed by atoms with E-state index in [2.05, 4.69) is 5.32 Å². The molecule has 0 aliphatic heterocycles. The minimum atomic E-state index is -4.25. The molecule has 4 aromatic carbocycles. The number of hydrogen-bond donors (Lipinski definition) is 1. The number of hydrogen-bond acceptors (Lipinski definition) is 6. The van der Waals surface area contributed by atoms with Crippen LogP contribution in [-0.2, 0) is 32.6 Å². The van der Waals surface area contributed by atoms with E-state index in [1.165, 1.54) is 37.3 Å². The van der Waals surface area contributed by atoms with E-state index in [4.69, 9.17) is 9.47 Å². The number of amides is 2. The van der Waals surface area contributed by atoms with Gasteiger partial charge in [-0.05, 0) is 56.2 Å². The van der Waals surface area contributed by atoms with Gasteiger partial charge in [-0.1, -0.05) is 77.9 Å². The van der Waals surface area contributed by atoms with Crippen LogP contribution in [0.2, 0.25) is 0 Å². The number of sulfonamides is 1. The number of rotatable bonds is 14. The van der Waals surface area contributed by atoms with Crippen molar-refractivity contribution in [2.45, 2.75) is 44.7 Å². The van der Waals surface area contributed by atoms with Crippen LogP contribution in [0, 0.1) is 13.8 Å².